The van der Waals surface area contributed by atoms with Crippen LogP contribution in [0, 0.1) is 0 Å². The molecule has 4 rings (SSSR count). The van der Waals surface area contributed by atoms with Crippen LogP contribution in [0.2, 0.25) is 0 Å². The number of para-hydroxylation sites is 1. The van der Waals surface area contributed by atoms with E-state index in [1.54, 1.807) is 13.2 Å². The van der Waals surface area contributed by atoms with Gasteiger partial charge < -0.3 is 9.80 Å². The van der Waals surface area contributed by atoms with E-state index in [1.807, 2.05) is 30.0 Å². The Bertz CT molecular complexity index is 1260. The number of aryl methyl sites for hydroxylation is 2. The first-order valence-electron chi connectivity index (χ1n) is 10.7. The minimum absolute atomic E-state index is 0.0522. The minimum atomic E-state index is -0.414. The van der Waals surface area contributed by atoms with E-state index in [1.165, 1.54) is 29.1 Å². The fourth-order valence-corrected chi connectivity index (χ4v) is 5.19. The Morgan fingerprint density at radius 1 is 1.03 bits per heavy atom. The van der Waals surface area contributed by atoms with Gasteiger partial charge in [0.05, 0.1) is 11.1 Å². The van der Waals surface area contributed by atoms with Crippen molar-refractivity contribution in [2.24, 2.45) is 14.1 Å². The molecule has 3 heterocycles. The first kappa shape index (κ1) is 22.1. The summed E-state index contributed by atoms with van der Waals surface area (Å²) in [5, 5.41) is 0.403. The first-order chi connectivity index (χ1) is 15.4. The lowest BCUT2D eigenvalue weighted by atomic mass is 10.2. The molecule has 1 aliphatic heterocycles. The maximum Gasteiger partial charge on any atom is 0.332 e. The van der Waals surface area contributed by atoms with Crippen LogP contribution in [0.5, 0.6) is 0 Å². The van der Waals surface area contributed by atoms with Crippen molar-refractivity contribution in [1.82, 2.24) is 19.0 Å². The molecular formula is C23H27N5O3S. The van der Waals surface area contributed by atoms with Crippen molar-refractivity contribution in [2.75, 3.05) is 36.8 Å². The molecule has 0 aliphatic carbocycles. The number of carbonyl (C=O) groups is 1. The number of thioether (sulfide) groups is 1. The number of amides is 1. The highest BCUT2D eigenvalue weighted by Gasteiger charge is 2.23. The van der Waals surface area contributed by atoms with Crippen molar-refractivity contribution in [3.05, 3.63) is 62.9 Å². The van der Waals surface area contributed by atoms with E-state index in [-0.39, 0.29) is 17.2 Å². The maximum absolute atomic E-state index is 13.0. The van der Waals surface area contributed by atoms with Crippen molar-refractivity contribution in [3.8, 4) is 0 Å². The van der Waals surface area contributed by atoms with E-state index >= 15 is 0 Å². The van der Waals surface area contributed by atoms with E-state index in [4.69, 9.17) is 0 Å². The molecule has 0 saturated carbocycles. The normalized spacial score (nSPS) is 14.2. The number of rotatable bonds is 5. The highest BCUT2D eigenvalue weighted by Crippen LogP contribution is 2.29. The van der Waals surface area contributed by atoms with Gasteiger partial charge in [0.2, 0.25) is 5.91 Å². The summed E-state index contributed by atoms with van der Waals surface area (Å²) in [6, 6.07) is 10.2. The number of aromatic nitrogens is 3. The van der Waals surface area contributed by atoms with E-state index in [0.717, 1.165) is 28.1 Å². The Morgan fingerprint density at radius 3 is 2.38 bits per heavy atom. The molecule has 0 N–H and O–H groups in total. The van der Waals surface area contributed by atoms with E-state index in [2.05, 4.69) is 22.0 Å². The van der Waals surface area contributed by atoms with Crippen molar-refractivity contribution in [3.63, 3.8) is 0 Å². The number of benzene rings is 1. The Kier molecular flexibility index (Phi) is 6.36. The molecule has 9 heteroatoms. The van der Waals surface area contributed by atoms with Crippen molar-refractivity contribution < 1.29 is 4.79 Å². The summed E-state index contributed by atoms with van der Waals surface area (Å²) < 4.78 is 2.48. The summed E-state index contributed by atoms with van der Waals surface area (Å²) in [7, 11) is 3.07. The van der Waals surface area contributed by atoms with Gasteiger partial charge in [0.1, 0.15) is 5.65 Å². The predicted octanol–water partition coefficient (Wildman–Crippen LogP) is 1.64. The van der Waals surface area contributed by atoms with Crippen LogP contribution in [0.4, 0.5) is 5.69 Å². The van der Waals surface area contributed by atoms with Crippen LogP contribution in [-0.4, -0.2) is 56.9 Å². The third kappa shape index (κ3) is 4.04. The first-order valence-corrected chi connectivity index (χ1v) is 11.7. The highest BCUT2D eigenvalue weighted by molar-refractivity contribution is 8.00. The van der Waals surface area contributed by atoms with E-state index in [0.29, 0.717) is 30.5 Å². The number of pyridine rings is 1. The van der Waals surface area contributed by atoms with Gasteiger partial charge in [-0.25, -0.2) is 9.78 Å². The van der Waals surface area contributed by atoms with Crippen LogP contribution in [0.25, 0.3) is 11.0 Å². The fraction of sp³-hybridized carbons (Fsp3) is 0.391. The molecule has 0 radical (unpaired) electrons. The molecule has 1 fully saturated rings. The third-order valence-electron chi connectivity index (χ3n) is 5.97. The summed E-state index contributed by atoms with van der Waals surface area (Å²) in [6.45, 7) is 4.91. The van der Waals surface area contributed by atoms with Crippen LogP contribution >= 0.6 is 11.8 Å². The van der Waals surface area contributed by atoms with Crippen LogP contribution < -0.4 is 16.1 Å². The molecule has 8 nitrogen and oxygen atoms in total. The summed E-state index contributed by atoms with van der Waals surface area (Å²) in [6.07, 6.45) is 2.38. The highest BCUT2D eigenvalue weighted by atomic mass is 32.2. The molecule has 0 unspecified atom stereocenters. The molecule has 32 heavy (non-hydrogen) atoms. The van der Waals surface area contributed by atoms with Gasteiger partial charge in [0.15, 0.2) is 0 Å². The molecule has 1 amide bonds. The molecule has 1 aromatic carbocycles. The van der Waals surface area contributed by atoms with Crippen LogP contribution in [0.15, 0.2) is 51.0 Å². The SMILES string of the molecule is CCc1cnc2c(c1SCC(=O)N1CCN(c3ccccc3)CC1)c(=O)n(C)c(=O)n2C. The van der Waals surface area contributed by atoms with Gasteiger partial charge in [-0.1, -0.05) is 25.1 Å². The molecule has 0 atom stereocenters. The Morgan fingerprint density at radius 2 is 1.72 bits per heavy atom. The Labute approximate surface area is 190 Å². The van der Waals surface area contributed by atoms with Crippen LogP contribution in [0.1, 0.15) is 12.5 Å². The number of anilines is 1. The van der Waals surface area contributed by atoms with Crippen LogP contribution in [0.3, 0.4) is 0 Å². The zero-order valence-corrected chi connectivity index (χ0v) is 19.4. The molecular weight excluding hydrogens is 426 g/mol. The van der Waals surface area contributed by atoms with Gasteiger partial charge in [-0.3, -0.25) is 18.7 Å². The minimum Gasteiger partial charge on any atom is -0.368 e. The second-order valence-electron chi connectivity index (χ2n) is 7.86. The Hall–Kier alpha value is -3.07. The summed E-state index contributed by atoms with van der Waals surface area (Å²) >= 11 is 1.36. The van der Waals surface area contributed by atoms with Gasteiger partial charge >= 0.3 is 5.69 Å². The Balaban J connectivity index is 1.52. The lowest BCUT2D eigenvalue weighted by molar-refractivity contribution is -0.128. The van der Waals surface area contributed by atoms with Gasteiger partial charge in [-0.05, 0) is 24.1 Å². The van der Waals surface area contributed by atoms with Gasteiger partial charge in [-0.15, -0.1) is 11.8 Å². The number of carbonyl (C=O) groups excluding carboxylic acids is 1. The van der Waals surface area contributed by atoms with Crippen molar-refractivity contribution in [1.29, 1.82) is 0 Å². The monoisotopic (exact) mass is 453 g/mol. The standard InChI is InChI=1S/C23H27N5O3S/c1-4-16-14-24-21-19(22(30)26(3)23(31)25(21)2)20(16)32-15-18(29)28-12-10-27(11-13-28)17-8-6-5-7-9-17/h5-9,14H,4,10-13,15H2,1-3H3. The van der Waals surface area contributed by atoms with E-state index < -0.39 is 5.69 Å². The summed E-state index contributed by atoms with van der Waals surface area (Å²) in [5.74, 6) is 0.292. The van der Waals surface area contributed by atoms with Gasteiger partial charge in [0, 0.05) is 57.1 Å². The largest absolute Gasteiger partial charge is 0.368 e. The summed E-state index contributed by atoms with van der Waals surface area (Å²) in [4.78, 5) is 47.4. The molecule has 0 bridgehead atoms. The topological polar surface area (TPSA) is 80.4 Å². The number of nitrogens with zero attached hydrogens (tertiary/aromatic N) is 5. The van der Waals surface area contributed by atoms with Crippen LogP contribution in [-0.2, 0) is 25.3 Å². The summed E-state index contributed by atoms with van der Waals surface area (Å²) in [5.41, 5.74) is 1.63. The average Bonchev–Trinajstić information content (AvgIpc) is 2.84. The zero-order chi connectivity index (χ0) is 22.8. The average molecular weight is 454 g/mol. The smallest absolute Gasteiger partial charge is 0.332 e. The predicted molar refractivity (Wildman–Crippen MR) is 128 cm³/mol. The number of hydrogen-bond acceptors (Lipinski definition) is 6. The van der Waals surface area contributed by atoms with Gasteiger partial charge in [0.25, 0.3) is 5.56 Å². The second kappa shape index (κ2) is 9.20. The number of hydrogen-bond donors (Lipinski definition) is 0. The molecule has 168 valence electrons. The molecule has 1 aliphatic rings. The number of fused-ring (bicyclic) bond motifs is 1. The fourth-order valence-electron chi connectivity index (χ4n) is 4.04. The molecule has 2 aromatic heterocycles. The lowest BCUT2D eigenvalue weighted by Gasteiger charge is -2.36. The van der Waals surface area contributed by atoms with Crippen molar-refractivity contribution >= 4 is 34.4 Å². The van der Waals surface area contributed by atoms with Crippen molar-refractivity contribution in [2.45, 2.75) is 18.2 Å². The second-order valence-corrected chi connectivity index (χ2v) is 8.85. The third-order valence-corrected chi connectivity index (χ3v) is 7.12. The molecule has 0 spiro atoms. The lowest BCUT2D eigenvalue weighted by Crippen LogP contribution is -2.49. The molecule has 1 saturated heterocycles. The maximum atomic E-state index is 13.0. The zero-order valence-electron chi connectivity index (χ0n) is 18.6. The quantitative estimate of drug-likeness (QED) is 0.547. The van der Waals surface area contributed by atoms with Gasteiger partial charge in [-0.2, -0.15) is 0 Å². The van der Waals surface area contributed by atoms with E-state index in [9.17, 15) is 14.4 Å². The number of piperazine rings is 1. The molecule has 3 aromatic rings.